The van der Waals surface area contributed by atoms with E-state index in [9.17, 15) is 4.79 Å². The van der Waals surface area contributed by atoms with E-state index in [-0.39, 0.29) is 5.91 Å². The van der Waals surface area contributed by atoms with Gasteiger partial charge in [-0.3, -0.25) is 4.79 Å². The predicted octanol–water partition coefficient (Wildman–Crippen LogP) is 4.92. The summed E-state index contributed by atoms with van der Waals surface area (Å²) in [6, 6.07) is 14.1. The minimum atomic E-state index is -0.0368. The Bertz CT molecular complexity index is 883. The largest absolute Gasteiger partial charge is 0.325 e. The van der Waals surface area contributed by atoms with E-state index in [2.05, 4.69) is 42.3 Å². The van der Waals surface area contributed by atoms with Crippen LogP contribution in [0.2, 0.25) is 0 Å². The first-order valence-corrected chi connectivity index (χ1v) is 8.78. The molecule has 1 amide bonds. The van der Waals surface area contributed by atoms with Crippen LogP contribution in [0, 0.1) is 20.8 Å². The number of thiazole rings is 1. The number of aryl methyl sites for hydroxylation is 3. The van der Waals surface area contributed by atoms with Gasteiger partial charge in [0.2, 0.25) is 5.91 Å². The molecule has 0 unspecified atom stereocenters. The molecule has 3 rings (SSSR count). The first-order valence-electron chi connectivity index (χ1n) is 7.90. The zero-order valence-electron chi connectivity index (χ0n) is 14.1. The van der Waals surface area contributed by atoms with Gasteiger partial charge in [-0.25, -0.2) is 4.98 Å². The maximum atomic E-state index is 12.2. The SMILES string of the molecule is Cc1ccc(-c2csc(CC(=O)Nc3ccccc3C)n2)cc1C. The highest BCUT2D eigenvalue weighted by atomic mass is 32.1. The normalized spacial score (nSPS) is 10.6. The second-order valence-corrected chi connectivity index (χ2v) is 6.91. The maximum absolute atomic E-state index is 12.2. The molecule has 3 aromatic rings. The van der Waals surface area contributed by atoms with E-state index in [1.165, 1.54) is 22.5 Å². The zero-order valence-corrected chi connectivity index (χ0v) is 14.9. The molecular weight excluding hydrogens is 316 g/mol. The third kappa shape index (κ3) is 3.71. The highest BCUT2D eigenvalue weighted by Gasteiger charge is 2.10. The zero-order chi connectivity index (χ0) is 17.1. The summed E-state index contributed by atoms with van der Waals surface area (Å²) in [6.45, 7) is 6.18. The summed E-state index contributed by atoms with van der Waals surface area (Å²) in [7, 11) is 0. The number of anilines is 1. The van der Waals surface area contributed by atoms with Crippen molar-refractivity contribution in [2.75, 3.05) is 5.32 Å². The number of para-hydroxylation sites is 1. The molecule has 0 saturated heterocycles. The maximum Gasteiger partial charge on any atom is 0.231 e. The Morgan fingerprint density at radius 3 is 2.58 bits per heavy atom. The van der Waals surface area contributed by atoms with Gasteiger partial charge in [0.25, 0.3) is 0 Å². The third-order valence-electron chi connectivity index (χ3n) is 4.09. The Morgan fingerprint density at radius 2 is 1.83 bits per heavy atom. The molecule has 1 N–H and O–H groups in total. The Labute approximate surface area is 146 Å². The van der Waals surface area contributed by atoms with E-state index >= 15 is 0 Å². The second kappa shape index (κ2) is 6.97. The quantitative estimate of drug-likeness (QED) is 0.735. The van der Waals surface area contributed by atoms with Gasteiger partial charge in [-0.15, -0.1) is 11.3 Å². The summed E-state index contributed by atoms with van der Waals surface area (Å²) < 4.78 is 0. The topological polar surface area (TPSA) is 42.0 Å². The molecule has 2 aromatic carbocycles. The molecule has 0 aliphatic heterocycles. The van der Waals surface area contributed by atoms with Crippen LogP contribution < -0.4 is 5.32 Å². The Balaban J connectivity index is 1.70. The summed E-state index contributed by atoms with van der Waals surface area (Å²) in [5, 5.41) is 5.79. The van der Waals surface area contributed by atoms with Crippen molar-refractivity contribution >= 4 is 22.9 Å². The van der Waals surface area contributed by atoms with Crippen LogP contribution in [0.15, 0.2) is 47.8 Å². The third-order valence-corrected chi connectivity index (χ3v) is 4.93. The predicted molar refractivity (Wildman–Crippen MR) is 101 cm³/mol. The Kier molecular flexibility index (Phi) is 4.76. The molecule has 0 aliphatic carbocycles. The van der Waals surface area contributed by atoms with Crippen molar-refractivity contribution in [3.8, 4) is 11.3 Å². The van der Waals surface area contributed by atoms with Gasteiger partial charge in [-0.05, 0) is 49.6 Å². The van der Waals surface area contributed by atoms with E-state index < -0.39 is 0 Å². The monoisotopic (exact) mass is 336 g/mol. The van der Waals surface area contributed by atoms with E-state index in [1.807, 2.05) is 36.6 Å². The molecule has 3 nitrogen and oxygen atoms in total. The summed E-state index contributed by atoms with van der Waals surface area (Å²) in [5.74, 6) is -0.0368. The van der Waals surface area contributed by atoms with Gasteiger partial charge in [0.05, 0.1) is 12.1 Å². The molecule has 0 fully saturated rings. The second-order valence-electron chi connectivity index (χ2n) is 5.97. The number of hydrogen-bond acceptors (Lipinski definition) is 3. The first kappa shape index (κ1) is 16.4. The Morgan fingerprint density at radius 1 is 1.04 bits per heavy atom. The molecule has 0 spiro atoms. The van der Waals surface area contributed by atoms with Gasteiger partial charge in [-0.2, -0.15) is 0 Å². The number of nitrogens with one attached hydrogen (secondary N) is 1. The van der Waals surface area contributed by atoms with Crippen LogP contribution in [-0.2, 0) is 11.2 Å². The standard InChI is InChI=1S/C20H20N2OS/c1-13-8-9-16(10-15(13)3)18-12-24-20(22-18)11-19(23)21-17-7-5-4-6-14(17)2/h4-10,12H,11H2,1-3H3,(H,21,23). The molecule has 122 valence electrons. The molecule has 24 heavy (non-hydrogen) atoms. The lowest BCUT2D eigenvalue weighted by molar-refractivity contribution is -0.115. The van der Waals surface area contributed by atoms with Crippen LogP contribution in [0.25, 0.3) is 11.3 Å². The lowest BCUT2D eigenvalue weighted by Crippen LogP contribution is -2.14. The number of rotatable bonds is 4. The van der Waals surface area contributed by atoms with Crippen molar-refractivity contribution in [1.29, 1.82) is 0 Å². The van der Waals surface area contributed by atoms with E-state index in [0.717, 1.165) is 27.5 Å². The van der Waals surface area contributed by atoms with Gasteiger partial charge < -0.3 is 5.32 Å². The molecule has 0 saturated carbocycles. The highest BCUT2D eigenvalue weighted by molar-refractivity contribution is 7.10. The minimum Gasteiger partial charge on any atom is -0.325 e. The number of carbonyl (C=O) groups excluding carboxylic acids is 1. The lowest BCUT2D eigenvalue weighted by Gasteiger charge is -2.06. The number of benzene rings is 2. The van der Waals surface area contributed by atoms with Gasteiger partial charge >= 0.3 is 0 Å². The van der Waals surface area contributed by atoms with Crippen LogP contribution >= 0.6 is 11.3 Å². The number of hydrogen-bond donors (Lipinski definition) is 1. The Hall–Kier alpha value is -2.46. The molecular formula is C20H20N2OS. The number of aromatic nitrogens is 1. The lowest BCUT2D eigenvalue weighted by atomic mass is 10.1. The summed E-state index contributed by atoms with van der Waals surface area (Å²) in [5.41, 5.74) is 6.46. The summed E-state index contributed by atoms with van der Waals surface area (Å²) in [4.78, 5) is 16.8. The van der Waals surface area contributed by atoms with Gasteiger partial charge in [0.1, 0.15) is 5.01 Å². The van der Waals surface area contributed by atoms with Crippen molar-refractivity contribution in [2.24, 2.45) is 0 Å². The first-order chi connectivity index (χ1) is 11.5. The van der Waals surface area contributed by atoms with Crippen LogP contribution in [0.1, 0.15) is 21.7 Å². The average Bonchev–Trinajstić information content (AvgIpc) is 3.00. The van der Waals surface area contributed by atoms with Crippen LogP contribution in [-0.4, -0.2) is 10.9 Å². The van der Waals surface area contributed by atoms with Crippen LogP contribution in [0.3, 0.4) is 0 Å². The van der Waals surface area contributed by atoms with E-state index in [1.54, 1.807) is 0 Å². The molecule has 0 atom stereocenters. The molecule has 1 heterocycles. The fourth-order valence-corrected chi connectivity index (χ4v) is 3.27. The number of amides is 1. The fraction of sp³-hybridized carbons (Fsp3) is 0.200. The van der Waals surface area contributed by atoms with Crippen molar-refractivity contribution in [3.05, 3.63) is 69.5 Å². The average molecular weight is 336 g/mol. The van der Waals surface area contributed by atoms with Crippen LogP contribution in [0.4, 0.5) is 5.69 Å². The molecule has 4 heteroatoms. The molecule has 1 aromatic heterocycles. The summed E-state index contributed by atoms with van der Waals surface area (Å²) >= 11 is 1.53. The molecule has 0 aliphatic rings. The summed E-state index contributed by atoms with van der Waals surface area (Å²) in [6.07, 6.45) is 0.295. The minimum absolute atomic E-state index is 0.0368. The number of carbonyl (C=O) groups is 1. The van der Waals surface area contributed by atoms with Crippen molar-refractivity contribution in [2.45, 2.75) is 27.2 Å². The van der Waals surface area contributed by atoms with Crippen molar-refractivity contribution in [3.63, 3.8) is 0 Å². The van der Waals surface area contributed by atoms with E-state index in [0.29, 0.717) is 6.42 Å². The van der Waals surface area contributed by atoms with Crippen LogP contribution in [0.5, 0.6) is 0 Å². The van der Waals surface area contributed by atoms with Crippen molar-refractivity contribution in [1.82, 2.24) is 4.98 Å². The van der Waals surface area contributed by atoms with Gasteiger partial charge in [0.15, 0.2) is 0 Å². The molecule has 0 bridgehead atoms. The smallest absolute Gasteiger partial charge is 0.231 e. The molecule has 0 radical (unpaired) electrons. The van der Waals surface area contributed by atoms with E-state index in [4.69, 9.17) is 0 Å². The van der Waals surface area contributed by atoms with Gasteiger partial charge in [-0.1, -0.05) is 30.3 Å². The fourth-order valence-electron chi connectivity index (χ4n) is 2.47. The number of nitrogens with zero attached hydrogens (tertiary/aromatic N) is 1. The van der Waals surface area contributed by atoms with Crippen molar-refractivity contribution < 1.29 is 4.79 Å². The van der Waals surface area contributed by atoms with Gasteiger partial charge in [0, 0.05) is 16.6 Å². The highest BCUT2D eigenvalue weighted by Crippen LogP contribution is 2.24.